The number of hydrogen-bond donors (Lipinski definition) is 0. The van der Waals surface area contributed by atoms with E-state index in [0.717, 1.165) is 57.7 Å². The molecule has 2 aromatic heterocycles. The number of aromatic nitrogens is 2. The van der Waals surface area contributed by atoms with E-state index in [2.05, 4.69) is 0 Å². The Morgan fingerprint density at radius 1 is 0.371 bits per heavy atom. The van der Waals surface area contributed by atoms with E-state index in [1.165, 1.54) is 0 Å². The number of rotatable bonds is 3. The van der Waals surface area contributed by atoms with Gasteiger partial charge < -0.3 is 9.13 Å². The van der Waals surface area contributed by atoms with Crippen LogP contribution in [0.25, 0.3) is 66.1 Å². The lowest BCUT2D eigenvalue weighted by atomic mass is 9.90. The third kappa shape index (κ3) is 6.77. The lowest BCUT2D eigenvalue weighted by Gasteiger charge is -2.22. The van der Waals surface area contributed by atoms with Crippen molar-refractivity contribution in [3.05, 3.63) is 142 Å². The van der Waals surface area contributed by atoms with Crippen LogP contribution in [0.4, 0.5) is 65.9 Å². The second-order valence-electron chi connectivity index (χ2n) is 13.9. The molecule has 0 bridgehead atoms. The number of hydrogen-bond acceptors (Lipinski definition) is 2. The van der Waals surface area contributed by atoms with Crippen LogP contribution in [0.1, 0.15) is 38.9 Å². The zero-order valence-corrected chi connectivity index (χ0v) is 30.3. The standard InChI is InChI=1S/C43H17F15N4/c44-39(45,46)22-4-8-26-27-9-5-23(40(47,48)49)14-33(27)61(32(26)13-22)36-12-21(19-60)30(38-20(18-59)2-1-3-31(38)43(56,57)58)17-37(36)62-34-15-24(41(50,51)52)6-10-28(34)29-11-7-25(16-35(29)62)42(53,54)55/h1-17H. The van der Waals surface area contributed by atoms with Crippen LogP contribution in [-0.2, 0) is 30.9 Å². The molecular formula is C43H17F15N4. The molecule has 0 aliphatic carbocycles. The zero-order valence-electron chi connectivity index (χ0n) is 30.3. The summed E-state index contributed by atoms with van der Waals surface area (Å²) >= 11 is 0. The predicted molar refractivity (Wildman–Crippen MR) is 195 cm³/mol. The zero-order chi connectivity index (χ0) is 45.1. The van der Waals surface area contributed by atoms with E-state index in [9.17, 15) is 76.4 Å². The second-order valence-corrected chi connectivity index (χ2v) is 13.9. The average Bonchev–Trinajstić information content (AvgIpc) is 3.69. The minimum atomic E-state index is -5.27. The van der Waals surface area contributed by atoms with Crippen LogP contribution >= 0.6 is 0 Å². The summed E-state index contributed by atoms with van der Waals surface area (Å²) < 4.78 is 218. The summed E-state index contributed by atoms with van der Waals surface area (Å²) in [4.78, 5) is 0. The smallest absolute Gasteiger partial charge is 0.307 e. The van der Waals surface area contributed by atoms with Crippen molar-refractivity contribution in [3.63, 3.8) is 0 Å². The molecule has 0 unspecified atom stereocenters. The molecule has 4 nitrogen and oxygen atoms in total. The predicted octanol–water partition coefficient (Wildman–Crippen LogP) is 14.4. The van der Waals surface area contributed by atoms with Crippen LogP contribution in [-0.4, -0.2) is 9.13 Å². The van der Waals surface area contributed by atoms with E-state index in [1.54, 1.807) is 12.1 Å². The van der Waals surface area contributed by atoms with Crippen molar-refractivity contribution in [1.29, 1.82) is 10.5 Å². The van der Waals surface area contributed by atoms with Gasteiger partial charge in [-0.05, 0) is 72.8 Å². The molecule has 0 aliphatic rings. The Morgan fingerprint density at radius 3 is 1.02 bits per heavy atom. The first-order valence-electron chi connectivity index (χ1n) is 17.5. The van der Waals surface area contributed by atoms with Gasteiger partial charge in [-0.15, -0.1) is 0 Å². The topological polar surface area (TPSA) is 57.4 Å². The van der Waals surface area contributed by atoms with Crippen molar-refractivity contribution in [2.45, 2.75) is 30.9 Å². The number of alkyl halides is 15. The summed E-state index contributed by atoms with van der Waals surface area (Å²) in [5.74, 6) is 0. The highest BCUT2D eigenvalue weighted by molar-refractivity contribution is 6.12. The minimum absolute atomic E-state index is 0.148. The maximum absolute atomic E-state index is 14.7. The summed E-state index contributed by atoms with van der Waals surface area (Å²) in [6.07, 6.45) is -25.7. The molecule has 0 aliphatic heterocycles. The van der Waals surface area contributed by atoms with Gasteiger partial charge in [-0.3, -0.25) is 0 Å². The van der Waals surface area contributed by atoms with Gasteiger partial charge in [0, 0.05) is 32.7 Å². The molecule has 0 atom stereocenters. The van der Waals surface area contributed by atoms with E-state index in [-0.39, 0.29) is 21.5 Å². The first-order chi connectivity index (χ1) is 28.8. The molecule has 314 valence electrons. The van der Waals surface area contributed by atoms with Gasteiger partial charge in [0.25, 0.3) is 0 Å². The highest BCUT2D eigenvalue weighted by atomic mass is 19.4. The lowest BCUT2D eigenvalue weighted by Crippen LogP contribution is -2.11. The largest absolute Gasteiger partial charge is 0.417 e. The fourth-order valence-electron chi connectivity index (χ4n) is 7.67. The van der Waals surface area contributed by atoms with Gasteiger partial charge in [0.2, 0.25) is 0 Å². The Bertz CT molecular complexity index is 3110. The van der Waals surface area contributed by atoms with Gasteiger partial charge in [0.15, 0.2) is 0 Å². The van der Waals surface area contributed by atoms with Crippen LogP contribution in [0, 0.1) is 22.7 Å². The lowest BCUT2D eigenvalue weighted by molar-refractivity contribution is -0.138. The SMILES string of the molecule is N#Cc1cc(-n2c3cc(C(F)(F)F)ccc3c3ccc(C(F)(F)F)cc32)c(-n2c3cc(C(F)(F)F)ccc3c3ccc(C(F)(F)F)cc32)cc1-c1c(C#N)cccc1C(F)(F)F. The van der Waals surface area contributed by atoms with Gasteiger partial charge in [-0.25, -0.2) is 0 Å². The Labute approximate surface area is 336 Å². The fourth-order valence-corrected chi connectivity index (χ4v) is 7.67. The quantitative estimate of drug-likeness (QED) is 0.166. The number of nitrogens with zero attached hydrogens (tertiary/aromatic N) is 4. The molecule has 8 aromatic rings. The molecule has 0 N–H and O–H groups in total. The van der Waals surface area contributed by atoms with Crippen molar-refractivity contribution in [1.82, 2.24) is 9.13 Å². The first-order valence-corrected chi connectivity index (χ1v) is 17.5. The van der Waals surface area contributed by atoms with E-state index >= 15 is 0 Å². The number of benzene rings is 6. The van der Waals surface area contributed by atoms with Crippen LogP contribution < -0.4 is 0 Å². The summed E-state index contributed by atoms with van der Waals surface area (Å²) in [5.41, 5.74) is -13.8. The number of nitriles is 2. The molecule has 0 saturated carbocycles. The van der Waals surface area contributed by atoms with Crippen LogP contribution in [0.3, 0.4) is 0 Å². The molecule has 6 aromatic carbocycles. The van der Waals surface area contributed by atoms with E-state index in [1.807, 2.05) is 0 Å². The molecule has 0 amide bonds. The Morgan fingerprint density at radius 2 is 0.710 bits per heavy atom. The van der Waals surface area contributed by atoms with Crippen molar-refractivity contribution < 1.29 is 65.9 Å². The molecular weight excluding hydrogens is 857 g/mol. The van der Waals surface area contributed by atoms with Gasteiger partial charge in [-0.2, -0.15) is 76.4 Å². The van der Waals surface area contributed by atoms with Crippen molar-refractivity contribution in [2.75, 3.05) is 0 Å². The molecule has 0 spiro atoms. The van der Waals surface area contributed by atoms with Gasteiger partial charge in [-0.1, -0.05) is 30.3 Å². The molecule has 0 fully saturated rings. The van der Waals surface area contributed by atoms with Crippen molar-refractivity contribution in [2.24, 2.45) is 0 Å². The molecule has 62 heavy (non-hydrogen) atoms. The Hall–Kier alpha value is -7.15. The summed E-state index contributed by atoms with van der Waals surface area (Å²) in [6, 6.07) is 15.0. The van der Waals surface area contributed by atoms with E-state index < -0.39 is 114 Å². The highest BCUT2D eigenvalue weighted by Gasteiger charge is 2.38. The maximum atomic E-state index is 14.7. The Kier molecular flexibility index (Phi) is 9.18. The number of fused-ring (bicyclic) bond motifs is 6. The summed E-state index contributed by atoms with van der Waals surface area (Å²) in [6.45, 7) is 0. The monoisotopic (exact) mass is 874 g/mol. The third-order valence-corrected chi connectivity index (χ3v) is 10.3. The van der Waals surface area contributed by atoms with E-state index in [0.29, 0.717) is 54.6 Å². The second kappa shape index (κ2) is 13.7. The minimum Gasteiger partial charge on any atom is -0.307 e. The summed E-state index contributed by atoms with van der Waals surface area (Å²) in [7, 11) is 0. The van der Waals surface area contributed by atoms with E-state index in [4.69, 9.17) is 0 Å². The van der Waals surface area contributed by atoms with Crippen molar-refractivity contribution in [3.8, 4) is 34.6 Å². The van der Waals surface area contributed by atoms with Gasteiger partial charge in [0.05, 0.1) is 84.5 Å². The third-order valence-electron chi connectivity index (χ3n) is 10.3. The molecule has 2 heterocycles. The van der Waals surface area contributed by atoms with Crippen LogP contribution in [0.5, 0.6) is 0 Å². The fraction of sp³-hybridized carbons (Fsp3) is 0.116. The maximum Gasteiger partial charge on any atom is 0.417 e. The first kappa shape index (κ1) is 41.6. The van der Waals surface area contributed by atoms with Crippen molar-refractivity contribution >= 4 is 43.6 Å². The molecule has 19 heteroatoms. The Balaban J connectivity index is 1.67. The highest BCUT2D eigenvalue weighted by Crippen LogP contribution is 2.47. The normalized spacial score (nSPS) is 13.0. The molecule has 0 radical (unpaired) electrons. The molecule has 0 saturated heterocycles. The average molecular weight is 875 g/mol. The van der Waals surface area contributed by atoms with Crippen LogP contribution in [0.2, 0.25) is 0 Å². The van der Waals surface area contributed by atoms with Crippen LogP contribution in [0.15, 0.2) is 103 Å². The summed E-state index contributed by atoms with van der Waals surface area (Å²) in [5, 5.41) is 19.9. The van der Waals surface area contributed by atoms with Gasteiger partial charge >= 0.3 is 30.9 Å². The molecule has 8 rings (SSSR count). The van der Waals surface area contributed by atoms with Gasteiger partial charge in [0.1, 0.15) is 0 Å². The number of halogens is 15.